The Labute approximate surface area is 151 Å². The van der Waals surface area contributed by atoms with Crippen LogP contribution in [-0.2, 0) is 9.59 Å². The van der Waals surface area contributed by atoms with Gasteiger partial charge in [0.2, 0.25) is 11.8 Å². The Morgan fingerprint density at radius 2 is 1.60 bits per heavy atom. The number of hydrogen-bond acceptors (Lipinski definition) is 2. The van der Waals surface area contributed by atoms with E-state index in [0.29, 0.717) is 11.8 Å². The van der Waals surface area contributed by atoms with Gasteiger partial charge in [-0.05, 0) is 56.1 Å². The van der Waals surface area contributed by atoms with Crippen molar-refractivity contribution in [2.24, 2.45) is 11.8 Å². The van der Waals surface area contributed by atoms with Gasteiger partial charge in [-0.3, -0.25) is 9.59 Å². The number of rotatable bonds is 4. The molecule has 4 nitrogen and oxygen atoms in total. The highest BCUT2D eigenvalue weighted by Gasteiger charge is 2.33. The van der Waals surface area contributed by atoms with Crippen molar-refractivity contribution < 1.29 is 9.59 Å². The summed E-state index contributed by atoms with van der Waals surface area (Å²) in [5.74, 6) is 0.972. The Balaban J connectivity index is 1.54. The van der Waals surface area contributed by atoms with Crippen molar-refractivity contribution in [2.45, 2.75) is 58.3 Å². The monoisotopic (exact) mass is 342 g/mol. The Hall–Kier alpha value is -1.84. The molecule has 1 aliphatic heterocycles. The number of hydrogen-bond donors (Lipinski definition) is 1. The highest BCUT2D eigenvalue weighted by Crippen LogP contribution is 2.32. The molecule has 4 heteroatoms. The number of carbonyl (C=O) groups is 2. The maximum Gasteiger partial charge on any atom is 0.227 e. The van der Waals surface area contributed by atoms with Gasteiger partial charge in [0.15, 0.2) is 0 Å². The summed E-state index contributed by atoms with van der Waals surface area (Å²) in [6, 6.07) is 8.04. The van der Waals surface area contributed by atoms with Gasteiger partial charge >= 0.3 is 0 Å². The first-order chi connectivity index (χ1) is 12.1. The van der Waals surface area contributed by atoms with Crippen LogP contribution in [0.5, 0.6) is 0 Å². The van der Waals surface area contributed by atoms with E-state index in [-0.39, 0.29) is 17.7 Å². The van der Waals surface area contributed by atoms with Crippen LogP contribution in [0.15, 0.2) is 24.3 Å². The lowest BCUT2D eigenvalue weighted by atomic mass is 9.81. The van der Waals surface area contributed by atoms with Crippen molar-refractivity contribution in [1.29, 1.82) is 0 Å². The second-order valence-electron chi connectivity index (χ2n) is 7.81. The highest BCUT2D eigenvalue weighted by molar-refractivity contribution is 5.93. The third-order valence-electron chi connectivity index (χ3n) is 5.71. The van der Waals surface area contributed by atoms with Crippen LogP contribution in [0.2, 0.25) is 0 Å². The lowest BCUT2D eigenvalue weighted by molar-refractivity contribution is -0.136. The average molecular weight is 342 g/mol. The predicted octanol–water partition coefficient (Wildman–Crippen LogP) is 4.18. The lowest BCUT2D eigenvalue weighted by Crippen LogP contribution is -2.37. The van der Waals surface area contributed by atoms with Gasteiger partial charge in [0.05, 0.1) is 0 Å². The second kappa shape index (κ2) is 8.03. The van der Waals surface area contributed by atoms with Crippen LogP contribution in [-0.4, -0.2) is 29.8 Å². The van der Waals surface area contributed by atoms with Gasteiger partial charge in [-0.1, -0.05) is 32.0 Å². The van der Waals surface area contributed by atoms with Crippen molar-refractivity contribution in [3.05, 3.63) is 29.8 Å². The second-order valence-corrected chi connectivity index (χ2v) is 7.81. The quantitative estimate of drug-likeness (QED) is 0.892. The number of anilines is 1. The molecule has 0 spiro atoms. The van der Waals surface area contributed by atoms with Gasteiger partial charge in [-0.15, -0.1) is 0 Å². The van der Waals surface area contributed by atoms with Crippen LogP contribution >= 0.6 is 0 Å². The van der Waals surface area contributed by atoms with E-state index in [0.717, 1.165) is 57.3 Å². The Morgan fingerprint density at radius 3 is 2.24 bits per heavy atom. The molecule has 3 rings (SSSR count). The van der Waals surface area contributed by atoms with Crippen LogP contribution in [0.4, 0.5) is 5.69 Å². The van der Waals surface area contributed by atoms with Crippen LogP contribution in [0, 0.1) is 11.8 Å². The summed E-state index contributed by atoms with van der Waals surface area (Å²) in [5.41, 5.74) is 2.10. The van der Waals surface area contributed by atoms with E-state index in [2.05, 4.69) is 25.2 Å². The molecule has 1 aromatic carbocycles. The minimum Gasteiger partial charge on any atom is -0.342 e. The number of para-hydroxylation sites is 1. The van der Waals surface area contributed by atoms with E-state index in [4.69, 9.17) is 0 Å². The number of nitrogens with zero attached hydrogens (tertiary/aromatic N) is 1. The van der Waals surface area contributed by atoms with Crippen LogP contribution < -0.4 is 5.32 Å². The van der Waals surface area contributed by atoms with E-state index in [1.54, 1.807) is 0 Å². The van der Waals surface area contributed by atoms with Crippen molar-refractivity contribution in [3.63, 3.8) is 0 Å². The van der Waals surface area contributed by atoms with Crippen LogP contribution in [0.25, 0.3) is 0 Å². The molecule has 0 aromatic heterocycles. The number of carbonyl (C=O) groups excluding carboxylic acids is 2. The molecule has 1 aliphatic carbocycles. The maximum atomic E-state index is 12.7. The fourth-order valence-electron chi connectivity index (χ4n) is 4.15. The largest absolute Gasteiger partial charge is 0.342 e. The van der Waals surface area contributed by atoms with E-state index >= 15 is 0 Å². The molecule has 136 valence electrons. The lowest BCUT2D eigenvalue weighted by Gasteiger charge is -2.30. The SMILES string of the molecule is CC(C)c1ccccc1NC(=O)C1CCC(C(=O)N2CCCC2)CC1. The molecule has 2 fully saturated rings. The van der Waals surface area contributed by atoms with Gasteiger partial charge in [-0.25, -0.2) is 0 Å². The molecule has 0 unspecified atom stereocenters. The summed E-state index contributed by atoms with van der Waals surface area (Å²) in [4.78, 5) is 27.2. The van der Waals surface area contributed by atoms with Crippen molar-refractivity contribution in [2.75, 3.05) is 18.4 Å². The summed E-state index contributed by atoms with van der Waals surface area (Å²) >= 11 is 0. The third kappa shape index (κ3) is 4.23. The molecule has 25 heavy (non-hydrogen) atoms. The average Bonchev–Trinajstić information content (AvgIpc) is 3.16. The van der Waals surface area contributed by atoms with E-state index < -0.39 is 0 Å². The van der Waals surface area contributed by atoms with E-state index in [9.17, 15) is 9.59 Å². The summed E-state index contributed by atoms with van der Waals surface area (Å²) in [6.07, 6.45) is 5.61. The minimum absolute atomic E-state index is 0.0304. The molecule has 0 bridgehead atoms. The van der Waals surface area contributed by atoms with Gasteiger partial charge in [-0.2, -0.15) is 0 Å². The maximum absolute atomic E-state index is 12.7. The zero-order chi connectivity index (χ0) is 17.8. The molecule has 0 radical (unpaired) electrons. The summed E-state index contributed by atoms with van der Waals surface area (Å²) in [5, 5.41) is 3.13. The van der Waals surface area contributed by atoms with Crippen molar-refractivity contribution in [1.82, 2.24) is 4.90 Å². The first-order valence-corrected chi connectivity index (χ1v) is 9.75. The summed E-state index contributed by atoms with van der Waals surface area (Å²) < 4.78 is 0. The smallest absolute Gasteiger partial charge is 0.227 e. The highest BCUT2D eigenvalue weighted by atomic mass is 16.2. The van der Waals surface area contributed by atoms with Crippen molar-refractivity contribution in [3.8, 4) is 0 Å². The molecule has 1 aromatic rings. The van der Waals surface area contributed by atoms with E-state index in [1.165, 1.54) is 5.56 Å². The predicted molar refractivity (Wildman–Crippen MR) is 100 cm³/mol. The molecule has 1 saturated heterocycles. The summed E-state index contributed by atoms with van der Waals surface area (Å²) in [6.45, 7) is 6.12. The van der Waals surface area contributed by atoms with Gasteiger partial charge in [0, 0.05) is 30.6 Å². The van der Waals surface area contributed by atoms with E-state index in [1.807, 2.05) is 23.1 Å². The molecule has 0 atom stereocenters. The minimum atomic E-state index is 0.0304. The number of benzene rings is 1. The Kier molecular flexibility index (Phi) is 5.77. The van der Waals surface area contributed by atoms with Crippen molar-refractivity contribution >= 4 is 17.5 Å². The molecule has 2 aliphatic rings. The summed E-state index contributed by atoms with van der Waals surface area (Å²) in [7, 11) is 0. The fraction of sp³-hybridized carbons (Fsp3) is 0.619. The molecule has 1 N–H and O–H groups in total. The van der Waals surface area contributed by atoms with Gasteiger partial charge in [0.25, 0.3) is 0 Å². The topological polar surface area (TPSA) is 49.4 Å². The number of nitrogens with one attached hydrogen (secondary N) is 1. The molecule has 2 amide bonds. The zero-order valence-electron chi connectivity index (χ0n) is 15.5. The van der Waals surface area contributed by atoms with Gasteiger partial charge < -0.3 is 10.2 Å². The third-order valence-corrected chi connectivity index (χ3v) is 5.71. The normalized spacial score (nSPS) is 23.7. The number of amides is 2. The Bertz CT molecular complexity index is 612. The van der Waals surface area contributed by atoms with Gasteiger partial charge in [0.1, 0.15) is 0 Å². The molecular weight excluding hydrogens is 312 g/mol. The molecule has 1 saturated carbocycles. The molecular formula is C21H30N2O2. The number of likely N-dealkylation sites (tertiary alicyclic amines) is 1. The Morgan fingerprint density at radius 1 is 1.00 bits per heavy atom. The molecule has 1 heterocycles. The zero-order valence-corrected chi connectivity index (χ0v) is 15.5. The first-order valence-electron chi connectivity index (χ1n) is 9.75. The fourth-order valence-corrected chi connectivity index (χ4v) is 4.15. The van der Waals surface area contributed by atoms with Crippen LogP contribution in [0.3, 0.4) is 0 Å². The standard InChI is InChI=1S/C21H30N2O2/c1-15(2)18-7-3-4-8-19(18)22-20(24)16-9-11-17(12-10-16)21(25)23-13-5-6-14-23/h3-4,7-8,15-17H,5-6,9-14H2,1-2H3,(H,22,24). The first kappa shape index (κ1) is 18.0. The van der Waals surface area contributed by atoms with Crippen LogP contribution in [0.1, 0.15) is 63.9 Å².